The van der Waals surface area contributed by atoms with Crippen LogP contribution < -0.4 is 10.6 Å². The summed E-state index contributed by atoms with van der Waals surface area (Å²) in [5.74, 6) is 0.0565. The summed E-state index contributed by atoms with van der Waals surface area (Å²) in [6.45, 7) is 2.12. The van der Waals surface area contributed by atoms with Crippen molar-refractivity contribution in [2.24, 2.45) is 0 Å². The topological polar surface area (TPSA) is 79.0 Å². The normalized spacial score (nSPS) is 18.4. The highest BCUT2D eigenvalue weighted by Gasteiger charge is 2.25. The number of hydrogen-bond donors (Lipinski definition) is 3. The number of nitrogens with one attached hydrogen (secondary N) is 3. The summed E-state index contributed by atoms with van der Waals surface area (Å²) in [7, 11) is 1.69. The van der Waals surface area contributed by atoms with Crippen LogP contribution in [0.15, 0.2) is 6.33 Å². The third-order valence-corrected chi connectivity index (χ3v) is 3.12. The van der Waals surface area contributed by atoms with E-state index in [9.17, 15) is 4.79 Å². The number of ether oxygens (including phenoxy) is 1. The Kier molecular flexibility index (Phi) is 4.72. The van der Waals surface area contributed by atoms with Gasteiger partial charge >= 0.3 is 0 Å². The number of carbonyl (C=O) groups excluding carboxylic acids is 1. The van der Waals surface area contributed by atoms with Crippen LogP contribution in [-0.2, 0) is 22.5 Å². The maximum absolute atomic E-state index is 11.9. The van der Waals surface area contributed by atoms with E-state index in [0.717, 1.165) is 30.8 Å². The van der Waals surface area contributed by atoms with Crippen molar-refractivity contribution in [1.29, 1.82) is 0 Å². The molecule has 18 heavy (non-hydrogen) atoms. The quantitative estimate of drug-likeness (QED) is 0.621. The highest BCUT2D eigenvalue weighted by atomic mass is 16.5. The molecule has 1 aromatic heterocycles. The van der Waals surface area contributed by atoms with Crippen LogP contribution in [0.5, 0.6) is 0 Å². The van der Waals surface area contributed by atoms with E-state index in [2.05, 4.69) is 20.6 Å². The van der Waals surface area contributed by atoms with Crippen LogP contribution in [-0.4, -0.2) is 42.2 Å². The van der Waals surface area contributed by atoms with Gasteiger partial charge in [-0.05, 0) is 12.8 Å². The van der Waals surface area contributed by atoms with Gasteiger partial charge in [0.15, 0.2) is 0 Å². The summed E-state index contributed by atoms with van der Waals surface area (Å²) < 4.78 is 4.96. The Morgan fingerprint density at radius 3 is 3.33 bits per heavy atom. The van der Waals surface area contributed by atoms with Crippen molar-refractivity contribution in [2.45, 2.75) is 31.8 Å². The molecule has 2 rings (SSSR count). The zero-order valence-electron chi connectivity index (χ0n) is 10.7. The van der Waals surface area contributed by atoms with Gasteiger partial charge in [-0.2, -0.15) is 0 Å². The summed E-state index contributed by atoms with van der Waals surface area (Å²) in [5.41, 5.74) is 2.08. The molecule has 0 aliphatic carbocycles. The van der Waals surface area contributed by atoms with E-state index in [4.69, 9.17) is 4.74 Å². The molecule has 0 saturated carbocycles. The second kappa shape index (κ2) is 6.51. The Hall–Kier alpha value is -1.40. The van der Waals surface area contributed by atoms with E-state index >= 15 is 0 Å². The minimum atomic E-state index is -0.164. The molecule has 1 aromatic rings. The zero-order valence-corrected chi connectivity index (χ0v) is 10.7. The summed E-state index contributed by atoms with van der Waals surface area (Å²) in [6.07, 6.45) is 4.25. The number of H-pyrrole nitrogens is 1. The first kappa shape index (κ1) is 13.0. The average molecular weight is 252 g/mol. The summed E-state index contributed by atoms with van der Waals surface area (Å²) in [4.78, 5) is 19.2. The number of methoxy groups -OCH3 is 1. The smallest absolute Gasteiger partial charge is 0.237 e. The van der Waals surface area contributed by atoms with Crippen molar-refractivity contribution in [3.8, 4) is 0 Å². The van der Waals surface area contributed by atoms with Gasteiger partial charge in [-0.3, -0.25) is 10.1 Å². The van der Waals surface area contributed by atoms with Crippen LogP contribution in [0.2, 0.25) is 0 Å². The molecule has 0 spiro atoms. The van der Waals surface area contributed by atoms with Crippen molar-refractivity contribution in [3.63, 3.8) is 0 Å². The molecule has 1 aliphatic heterocycles. The molecule has 1 atom stereocenters. The second-order valence-electron chi connectivity index (χ2n) is 4.46. The highest BCUT2D eigenvalue weighted by Crippen LogP contribution is 2.11. The van der Waals surface area contributed by atoms with Crippen molar-refractivity contribution in [1.82, 2.24) is 20.6 Å². The number of hydrogen-bond acceptors (Lipinski definition) is 4. The first-order valence-electron chi connectivity index (χ1n) is 6.32. The maximum atomic E-state index is 11.9. The predicted molar refractivity (Wildman–Crippen MR) is 67.0 cm³/mol. The van der Waals surface area contributed by atoms with Crippen molar-refractivity contribution >= 4 is 5.91 Å². The van der Waals surface area contributed by atoms with Crippen LogP contribution >= 0.6 is 0 Å². The number of unbranched alkanes of at least 4 members (excludes halogenated alkanes) is 1. The second-order valence-corrected chi connectivity index (χ2v) is 4.46. The van der Waals surface area contributed by atoms with E-state index in [0.29, 0.717) is 19.5 Å². The van der Waals surface area contributed by atoms with Gasteiger partial charge in [0.25, 0.3) is 0 Å². The fourth-order valence-electron chi connectivity index (χ4n) is 2.06. The number of aromatic nitrogens is 2. The van der Waals surface area contributed by atoms with Crippen LogP contribution in [0.1, 0.15) is 24.2 Å². The first-order chi connectivity index (χ1) is 8.81. The molecule has 0 aromatic carbocycles. The lowest BCUT2D eigenvalue weighted by atomic mass is 10.0. The Morgan fingerprint density at radius 2 is 2.50 bits per heavy atom. The van der Waals surface area contributed by atoms with Gasteiger partial charge in [0.1, 0.15) is 0 Å². The Bertz CT molecular complexity index is 391. The van der Waals surface area contributed by atoms with Gasteiger partial charge in [0.05, 0.1) is 23.8 Å². The molecule has 1 amide bonds. The van der Waals surface area contributed by atoms with E-state index < -0.39 is 0 Å². The van der Waals surface area contributed by atoms with Gasteiger partial charge < -0.3 is 15.0 Å². The fraction of sp³-hybridized carbons (Fsp3) is 0.667. The molecular weight excluding hydrogens is 232 g/mol. The highest BCUT2D eigenvalue weighted by molar-refractivity contribution is 5.82. The number of nitrogens with zero attached hydrogens (tertiary/aromatic N) is 1. The number of carbonyl (C=O) groups is 1. The third-order valence-electron chi connectivity index (χ3n) is 3.12. The fourth-order valence-corrected chi connectivity index (χ4v) is 2.06. The van der Waals surface area contributed by atoms with Gasteiger partial charge in [-0.15, -0.1) is 0 Å². The Balaban J connectivity index is 1.71. The minimum absolute atomic E-state index is 0.0565. The molecule has 6 heteroatoms. The lowest BCUT2D eigenvalue weighted by Crippen LogP contribution is -2.47. The summed E-state index contributed by atoms with van der Waals surface area (Å²) >= 11 is 0. The van der Waals surface area contributed by atoms with Crippen LogP contribution in [0.25, 0.3) is 0 Å². The monoisotopic (exact) mass is 252 g/mol. The van der Waals surface area contributed by atoms with Crippen LogP contribution in [0.4, 0.5) is 0 Å². The minimum Gasteiger partial charge on any atom is -0.385 e. The largest absolute Gasteiger partial charge is 0.385 e. The van der Waals surface area contributed by atoms with E-state index in [1.165, 1.54) is 0 Å². The van der Waals surface area contributed by atoms with E-state index in [-0.39, 0.29) is 11.9 Å². The van der Waals surface area contributed by atoms with Crippen molar-refractivity contribution in [2.75, 3.05) is 20.3 Å². The number of amides is 1. The molecule has 3 N–H and O–H groups in total. The number of rotatable bonds is 6. The lowest BCUT2D eigenvalue weighted by molar-refractivity contribution is -0.123. The summed E-state index contributed by atoms with van der Waals surface area (Å²) in [5, 5.41) is 6.14. The van der Waals surface area contributed by atoms with E-state index in [1.54, 1.807) is 13.4 Å². The summed E-state index contributed by atoms with van der Waals surface area (Å²) in [6, 6.07) is -0.164. The molecule has 0 fully saturated rings. The molecule has 6 nitrogen and oxygen atoms in total. The molecule has 0 radical (unpaired) electrons. The van der Waals surface area contributed by atoms with Gasteiger partial charge in [-0.25, -0.2) is 4.98 Å². The van der Waals surface area contributed by atoms with Gasteiger partial charge in [-0.1, -0.05) is 0 Å². The average Bonchev–Trinajstić information content (AvgIpc) is 2.85. The predicted octanol–water partition coefficient (Wildman–Crippen LogP) is -0.0332. The Morgan fingerprint density at radius 1 is 1.61 bits per heavy atom. The molecule has 1 aliphatic rings. The van der Waals surface area contributed by atoms with Crippen molar-refractivity contribution < 1.29 is 9.53 Å². The Labute approximate surface area is 107 Å². The number of aromatic amines is 1. The number of imidazole rings is 1. The molecule has 0 saturated heterocycles. The van der Waals surface area contributed by atoms with Crippen molar-refractivity contribution in [3.05, 3.63) is 17.7 Å². The maximum Gasteiger partial charge on any atom is 0.237 e. The van der Waals surface area contributed by atoms with Gasteiger partial charge in [0.2, 0.25) is 5.91 Å². The zero-order chi connectivity index (χ0) is 12.8. The van der Waals surface area contributed by atoms with Gasteiger partial charge in [0, 0.05) is 33.2 Å². The van der Waals surface area contributed by atoms with Crippen LogP contribution in [0, 0.1) is 0 Å². The number of fused-ring (bicyclic) bond motifs is 1. The molecule has 100 valence electrons. The van der Waals surface area contributed by atoms with Crippen LogP contribution in [0.3, 0.4) is 0 Å². The third kappa shape index (κ3) is 3.30. The first-order valence-corrected chi connectivity index (χ1v) is 6.32. The molecular formula is C12H20N4O2. The molecule has 0 bridgehead atoms. The standard InChI is InChI=1S/C12H20N4O2/c1-18-5-3-2-4-13-12(17)10-6-9-11(7-14-10)16-8-15-9/h8,10,14H,2-7H2,1H3,(H,13,17)(H,15,16). The molecule has 2 heterocycles. The molecule has 1 unspecified atom stereocenters. The van der Waals surface area contributed by atoms with E-state index in [1.807, 2.05) is 0 Å². The SMILES string of the molecule is COCCCCNC(=O)C1Cc2nc[nH]c2CN1. The lowest BCUT2D eigenvalue weighted by Gasteiger charge is -2.22.